The van der Waals surface area contributed by atoms with E-state index >= 15 is 0 Å². The molecule has 0 atom stereocenters. The highest BCUT2D eigenvalue weighted by Gasteiger charge is 2.04. The van der Waals surface area contributed by atoms with Gasteiger partial charge in [0.15, 0.2) is 0 Å². The molecule has 1 aromatic rings. The lowest BCUT2D eigenvalue weighted by Crippen LogP contribution is -2.05. The lowest BCUT2D eigenvalue weighted by Gasteiger charge is -2.04. The van der Waals surface area contributed by atoms with Gasteiger partial charge in [-0.3, -0.25) is 0 Å². The third kappa shape index (κ3) is 5.57. The zero-order valence-electron chi connectivity index (χ0n) is 9.31. The number of benzene rings is 1. The summed E-state index contributed by atoms with van der Waals surface area (Å²) in [7, 11) is -2.87. The molecule has 0 aliphatic rings. The summed E-state index contributed by atoms with van der Waals surface area (Å²) < 4.78 is 22.8. The van der Waals surface area contributed by atoms with Crippen LogP contribution in [0.25, 0.3) is 0 Å². The predicted octanol–water partition coefficient (Wildman–Crippen LogP) is 2.60. The molecule has 0 aliphatic carbocycles. The highest BCUT2D eigenvalue weighted by Crippen LogP contribution is 2.23. The van der Waals surface area contributed by atoms with Crippen LogP contribution < -0.4 is 0 Å². The molecule has 0 bridgehead atoms. The molecule has 0 amide bonds. The third-order valence-electron chi connectivity index (χ3n) is 2.04. The maximum atomic E-state index is 10.9. The minimum absolute atomic E-state index is 0.200. The summed E-state index contributed by atoms with van der Waals surface area (Å²) in [6.07, 6.45) is 1.24. The number of nitrogens with zero attached hydrogens (tertiary/aromatic N) is 1. The molecule has 0 saturated carbocycles. The van der Waals surface area contributed by atoms with E-state index < -0.39 is 9.84 Å². The molecule has 1 rings (SSSR count). The number of hydrogen-bond acceptors (Lipinski definition) is 4. The van der Waals surface area contributed by atoms with Crippen LogP contribution in [0.4, 0.5) is 0 Å². The molecule has 6 heteroatoms. The summed E-state index contributed by atoms with van der Waals surface area (Å²) in [6, 6.07) is 7.48. The highest BCUT2D eigenvalue weighted by molar-refractivity contribution is 9.10. The molecule has 17 heavy (non-hydrogen) atoms. The Bertz CT molecular complexity index is 535. The van der Waals surface area contributed by atoms with Crippen LogP contribution in [0, 0.1) is 11.3 Å². The molecular formula is C11H12BrNO2S2. The smallest absolute Gasteiger partial charge is 0.148 e. The molecule has 3 nitrogen and oxygen atoms in total. The highest BCUT2D eigenvalue weighted by atomic mass is 79.9. The quantitative estimate of drug-likeness (QED) is 0.777. The molecule has 0 N–H and O–H groups in total. The van der Waals surface area contributed by atoms with E-state index in [0.29, 0.717) is 11.3 Å². The number of nitriles is 1. The molecule has 0 fully saturated rings. The first-order valence-electron chi connectivity index (χ1n) is 4.86. The average Bonchev–Trinajstić information content (AvgIpc) is 2.24. The van der Waals surface area contributed by atoms with Gasteiger partial charge in [-0.05, 0) is 17.7 Å². The lowest BCUT2D eigenvalue weighted by molar-refractivity contribution is 0.603. The molecule has 0 aliphatic heterocycles. The van der Waals surface area contributed by atoms with Gasteiger partial charge in [0.05, 0.1) is 17.4 Å². The maximum absolute atomic E-state index is 10.9. The van der Waals surface area contributed by atoms with Crippen LogP contribution in [-0.4, -0.2) is 26.2 Å². The van der Waals surface area contributed by atoms with Gasteiger partial charge in [-0.25, -0.2) is 8.42 Å². The van der Waals surface area contributed by atoms with Crippen molar-refractivity contribution in [3.8, 4) is 6.07 Å². The summed E-state index contributed by atoms with van der Waals surface area (Å²) >= 11 is 4.97. The largest absolute Gasteiger partial charge is 0.229 e. The summed E-state index contributed by atoms with van der Waals surface area (Å²) in [5, 5.41) is 8.71. The van der Waals surface area contributed by atoms with E-state index in [-0.39, 0.29) is 5.75 Å². The average molecular weight is 334 g/mol. The van der Waals surface area contributed by atoms with Crippen LogP contribution in [0.3, 0.4) is 0 Å². The molecular weight excluding hydrogens is 322 g/mol. The van der Waals surface area contributed by atoms with E-state index in [2.05, 4.69) is 22.0 Å². The molecule has 0 radical (unpaired) electrons. The van der Waals surface area contributed by atoms with Gasteiger partial charge in [-0.15, -0.1) is 0 Å². The van der Waals surface area contributed by atoms with Crippen molar-refractivity contribution < 1.29 is 8.42 Å². The summed E-state index contributed by atoms with van der Waals surface area (Å²) in [5.74, 6) is 1.53. The molecule has 1 aromatic carbocycles. The van der Waals surface area contributed by atoms with Gasteiger partial charge in [0, 0.05) is 22.2 Å². The van der Waals surface area contributed by atoms with Gasteiger partial charge in [0.1, 0.15) is 9.84 Å². The van der Waals surface area contributed by atoms with Crippen LogP contribution >= 0.6 is 27.7 Å². The first kappa shape index (κ1) is 14.6. The van der Waals surface area contributed by atoms with Gasteiger partial charge in [-0.1, -0.05) is 22.0 Å². The SMILES string of the molecule is CS(=O)(=O)CCSCc1ccc(C#N)cc1Br. The fourth-order valence-corrected chi connectivity index (χ4v) is 4.13. The van der Waals surface area contributed by atoms with Crippen molar-refractivity contribution in [2.75, 3.05) is 17.8 Å². The van der Waals surface area contributed by atoms with Crippen LogP contribution in [-0.2, 0) is 15.6 Å². The van der Waals surface area contributed by atoms with E-state index in [0.717, 1.165) is 15.8 Å². The van der Waals surface area contributed by atoms with Crippen molar-refractivity contribution in [2.24, 2.45) is 0 Å². The molecule has 92 valence electrons. The van der Waals surface area contributed by atoms with Crippen LogP contribution in [0.2, 0.25) is 0 Å². The van der Waals surface area contributed by atoms with Crippen molar-refractivity contribution in [3.05, 3.63) is 33.8 Å². The summed E-state index contributed by atoms with van der Waals surface area (Å²) in [4.78, 5) is 0. The zero-order chi connectivity index (χ0) is 12.9. The maximum Gasteiger partial charge on any atom is 0.148 e. The van der Waals surface area contributed by atoms with E-state index in [9.17, 15) is 8.42 Å². The van der Waals surface area contributed by atoms with Crippen molar-refractivity contribution in [1.82, 2.24) is 0 Å². The number of thioether (sulfide) groups is 1. The van der Waals surface area contributed by atoms with Gasteiger partial charge in [0.2, 0.25) is 0 Å². The minimum atomic E-state index is -2.87. The predicted molar refractivity (Wildman–Crippen MR) is 74.7 cm³/mol. The van der Waals surface area contributed by atoms with Gasteiger partial charge in [-0.2, -0.15) is 17.0 Å². The summed E-state index contributed by atoms with van der Waals surface area (Å²) in [5.41, 5.74) is 1.68. The second-order valence-corrected chi connectivity index (χ2v) is 7.82. The summed E-state index contributed by atoms with van der Waals surface area (Å²) in [6.45, 7) is 0. The topological polar surface area (TPSA) is 57.9 Å². The number of sulfone groups is 1. The Kier molecular flexibility index (Phi) is 5.50. The fraction of sp³-hybridized carbons (Fsp3) is 0.364. The third-order valence-corrected chi connectivity index (χ3v) is 4.99. The van der Waals surface area contributed by atoms with E-state index in [1.54, 1.807) is 23.9 Å². The Labute approximate surface area is 114 Å². The lowest BCUT2D eigenvalue weighted by atomic mass is 10.2. The van der Waals surface area contributed by atoms with Crippen LogP contribution in [0.5, 0.6) is 0 Å². The van der Waals surface area contributed by atoms with Crippen molar-refractivity contribution in [3.63, 3.8) is 0 Å². The van der Waals surface area contributed by atoms with Gasteiger partial charge < -0.3 is 0 Å². The standard InChI is InChI=1S/C11H12BrNO2S2/c1-17(14,15)5-4-16-8-10-3-2-9(7-13)6-11(10)12/h2-3,6H,4-5,8H2,1H3. The second kappa shape index (κ2) is 6.43. The number of halogens is 1. The van der Waals surface area contributed by atoms with Gasteiger partial charge >= 0.3 is 0 Å². The van der Waals surface area contributed by atoms with E-state index in [1.165, 1.54) is 6.26 Å². The molecule has 0 unspecified atom stereocenters. The van der Waals surface area contributed by atoms with E-state index in [1.807, 2.05) is 6.07 Å². The Morgan fingerprint density at radius 3 is 2.71 bits per heavy atom. The first-order valence-corrected chi connectivity index (χ1v) is 8.87. The Morgan fingerprint density at radius 2 is 2.18 bits per heavy atom. The second-order valence-electron chi connectivity index (χ2n) is 3.60. The Morgan fingerprint density at radius 1 is 1.47 bits per heavy atom. The monoisotopic (exact) mass is 333 g/mol. The molecule has 0 heterocycles. The molecule has 0 aromatic heterocycles. The molecule has 0 spiro atoms. The molecule has 0 saturated heterocycles. The van der Waals surface area contributed by atoms with Crippen molar-refractivity contribution in [1.29, 1.82) is 5.26 Å². The number of rotatable bonds is 5. The number of hydrogen-bond donors (Lipinski definition) is 0. The van der Waals surface area contributed by atoms with Crippen molar-refractivity contribution in [2.45, 2.75) is 5.75 Å². The Balaban J connectivity index is 2.51. The van der Waals surface area contributed by atoms with Crippen molar-refractivity contribution >= 4 is 37.5 Å². The Hall–Kier alpha value is -0.510. The van der Waals surface area contributed by atoms with Crippen LogP contribution in [0.1, 0.15) is 11.1 Å². The van der Waals surface area contributed by atoms with Crippen LogP contribution in [0.15, 0.2) is 22.7 Å². The first-order chi connectivity index (χ1) is 7.92. The van der Waals surface area contributed by atoms with Gasteiger partial charge in [0.25, 0.3) is 0 Å². The minimum Gasteiger partial charge on any atom is -0.229 e. The fourth-order valence-electron chi connectivity index (χ4n) is 1.13. The zero-order valence-corrected chi connectivity index (χ0v) is 12.5. The van der Waals surface area contributed by atoms with E-state index in [4.69, 9.17) is 5.26 Å². The normalized spacial score (nSPS) is 11.1.